The van der Waals surface area contributed by atoms with Crippen LogP contribution in [0.15, 0.2) is 47.4 Å². The van der Waals surface area contributed by atoms with Gasteiger partial charge in [-0.15, -0.1) is 0 Å². The number of hydrogen-bond acceptors (Lipinski definition) is 4. The van der Waals surface area contributed by atoms with Crippen LogP contribution in [0.4, 0.5) is 0 Å². The smallest absolute Gasteiger partial charge is 0.294 e. The molecule has 0 aromatic heterocycles. The molecule has 0 heterocycles. The zero-order chi connectivity index (χ0) is 22.5. The molecule has 172 valence electrons. The molecular formula is C25H36O5S. The number of aryl methyl sites for hydroxylation is 1. The Bertz CT molecular complexity index is 875. The van der Waals surface area contributed by atoms with Gasteiger partial charge in [0.05, 0.1) is 4.90 Å². The summed E-state index contributed by atoms with van der Waals surface area (Å²) >= 11 is 0. The zero-order valence-electron chi connectivity index (χ0n) is 18.6. The first kappa shape index (κ1) is 25.2. The molecule has 0 radical (unpaired) electrons. The largest absolute Gasteiger partial charge is 0.508 e. The maximum Gasteiger partial charge on any atom is 0.294 e. The van der Waals surface area contributed by atoms with Gasteiger partial charge in [0.15, 0.2) is 0 Å². The van der Waals surface area contributed by atoms with Crippen molar-refractivity contribution in [1.29, 1.82) is 0 Å². The number of hydrogen-bond donors (Lipinski definition) is 2. The Morgan fingerprint density at radius 2 is 1.32 bits per heavy atom. The second-order valence-electron chi connectivity index (χ2n) is 8.13. The van der Waals surface area contributed by atoms with Crippen LogP contribution in [0.2, 0.25) is 0 Å². The summed E-state index contributed by atoms with van der Waals surface area (Å²) in [5.74, 6) is 1.03. The van der Waals surface area contributed by atoms with E-state index in [0.29, 0.717) is 11.5 Å². The molecule has 6 heteroatoms. The first-order valence-electron chi connectivity index (χ1n) is 11.5. The molecule has 0 fully saturated rings. The first-order valence-corrected chi connectivity index (χ1v) is 12.9. The Kier molecular flexibility index (Phi) is 10.9. The van der Waals surface area contributed by atoms with E-state index >= 15 is 0 Å². The molecule has 0 aliphatic carbocycles. The molecule has 0 spiro atoms. The summed E-state index contributed by atoms with van der Waals surface area (Å²) in [6.07, 6.45) is 14.7. The number of aromatic hydroxyl groups is 1. The lowest BCUT2D eigenvalue weighted by molar-refractivity contribution is 0.458. The van der Waals surface area contributed by atoms with Gasteiger partial charge in [-0.3, -0.25) is 4.55 Å². The summed E-state index contributed by atoms with van der Waals surface area (Å²) in [4.78, 5) is -0.191. The highest BCUT2D eigenvalue weighted by molar-refractivity contribution is 7.85. The van der Waals surface area contributed by atoms with Crippen molar-refractivity contribution in [2.24, 2.45) is 0 Å². The molecule has 5 nitrogen and oxygen atoms in total. The van der Waals surface area contributed by atoms with E-state index < -0.39 is 10.1 Å². The van der Waals surface area contributed by atoms with Gasteiger partial charge in [0, 0.05) is 6.07 Å². The van der Waals surface area contributed by atoms with Gasteiger partial charge in [0.1, 0.15) is 17.2 Å². The van der Waals surface area contributed by atoms with Gasteiger partial charge < -0.3 is 9.84 Å². The van der Waals surface area contributed by atoms with Gasteiger partial charge in [0.2, 0.25) is 0 Å². The lowest BCUT2D eigenvalue weighted by Crippen LogP contribution is -2.00. The Hall–Kier alpha value is -2.05. The van der Waals surface area contributed by atoms with Gasteiger partial charge >= 0.3 is 0 Å². The Balaban J connectivity index is 1.83. The van der Waals surface area contributed by atoms with E-state index in [1.54, 1.807) is 18.2 Å². The van der Waals surface area contributed by atoms with Gasteiger partial charge in [-0.25, -0.2) is 0 Å². The van der Waals surface area contributed by atoms with Crippen molar-refractivity contribution in [2.75, 3.05) is 0 Å². The molecule has 0 saturated carbocycles. The average Bonchev–Trinajstić information content (AvgIpc) is 2.73. The fourth-order valence-corrected chi connectivity index (χ4v) is 4.11. The third-order valence-electron chi connectivity index (χ3n) is 5.45. The molecule has 0 atom stereocenters. The van der Waals surface area contributed by atoms with E-state index in [4.69, 9.17) is 4.74 Å². The molecule has 2 rings (SSSR count). The SMILES string of the molecule is CCCCCCCCCCCCCc1ccc(S(=O)(=O)O)cc1Oc1ccc(O)cc1. The van der Waals surface area contributed by atoms with Crippen LogP contribution in [0.25, 0.3) is 0 Å². The maximum atomic E-state index is 11.5. The zero-order valence-corrected chi connectivity index (χ0v) is 19.4. The van der Waals surface area contributed by atoms with Crippen molar-refractivity contribution < 1.29 is 22.8 Å². The van der Waals surface area contributed by atoms with Crippen LogP contribution in [0, 0.1) is 0 Å². The third-order valence-corrected chi connectivity index (χ3v) is 6.30. The fraction of sp³-hybridized carbons (Fsp3) is 0.520. The van der Waals surface area contributed by atoms with Crippen LogP contribution < -0.4 is 4.74 Å². The van der Waals surface area contributed by atoms with Crippen molar-refractivity contribution in [3.8, 4) is 17.2 Å². The molecule has 0 amide bonds. The molecule has 2 aromatic carbocycles. The number of phenolic OH excluding ortho intramolecular Hbond substituents is 1. The number of ether oxygens (including phenoxy) is 1. The van der Waals surface area contributed by atoms with Crippen LogP contribution >= 0.6 is 0 Å². The lowest BCUT2D eigenvalue weighted by Gasteiger charge is -2.13. The minimum absolute atomic E-state index is 0.125. The Morgan fingerprint density at radius 3 is 1.87 bits per heavy atom. The van der Waals surface area contributed by atoms with Crippen molar-refractivity contribution in [3.63, 3.8) is 0 Å². The highest BCUT2D eigenvalue weighted by Crippen LogP contribution is 2.30. The molecule has 0 aliphatic heterocycles. The number of unbranched alkanes of at least 4 members (excludes halogenated alkanes) is 10. The Morgan fingerprint density at radius 1 is 0.774 bits per heavy atom. The Labute approximate surface area is 187 Å². The van der Waals surface area contributed by atoms with E-state index in [9.17, 15) is 18.1 Å². The quantitative estimate of drug-likeness (QED) is 0.221. The standard InChI is InChI=1S/C25H36O5S/c1-2-3-4-5-6-7-8-9-10-11-12-13-21-14-19-24(31(27,28)29)20-25(21)30-23-17-15-22(26)16-18-23/h14-20,26H,2-13H2,1H3,(H,27,28,29). The summed E-state index contributed by atoms with van der Waals surface area (Å²) in [7, 11) is -4.31. The second kappa shape index (κ2) is 13.4. The molecule has 31 heavy (non-hydrogen) atoms. The van der Waals surface area contributed by atoms with Crippen molar-refractivity contribution >= 4 is 10.1 Å². The average molecular weight is 449 g/mol. The minimum Gasteiger partial charge on any atom is -0.508 e. The van der Waals surface area contributed by atoms with Gasteiger partial charge in [-0.2, -0.15) is 8.42 Å². The lowest BCUT2D eigenvalue weighted by atomic mass is 10.0. The van der Waals surface area contributed by atoms with Crippen LogP contribution in [-0.2, 0) is 16.5 Å². The third kappa shape index (κ3) is 9.74. The van der Waals surface area contributed by atoms with Crippen LogP contribution in [0.5, 0.6) is 17.2 Å². The van der Waals surface area contributed by atoms with Crippen molar-refractivity contribution in [2.45, 2.75) is 88.9 Å². The highest BCUT2D eigenvalue weighted by atomic mass is 32.2. The topological polar surface area (TPSA) is 83.8 Å². The monoisotopic (exact) mass is 448 g/mol. The summed E-state index contributed by atoms with van der Waals surface area (Å²) in [6, 6.07) is 10.7. The van der Waals surface area contributed by atoms with Crippen LogP contribution in [0.1, 0.15) is 83.1 Å². The van der Waals surface area contributed by atoms with E-state index in [0.717, 1.165) is 24.8 Å². The number of benzene rings is 2. The van der Waals surface area contributed by atoms with E-state index in [-0.39, 0.29) is 10.6 Å². The number of rotatable bonds is 15. The minimum atomic E-state index is -4.31. The van der Waals surface area contributed by atoms with Crippen molar-refractivity contribution in [1.82, 2.24) is 0 Å². The predicted molar refractivity (Wildman–Crippen MR) is 125 cm³/mol. The van der Waals surface area contributed by atoms with Crippen LogP contribution in [0.3, 0.4) is 0 Å². The summed E-state index contributed by atoms with van der Waals surface area (Å²) in [5, 5.41) is 9.43. The summed E-state index contributed by atoms with van der Waals surface area (Å²) in [5.41, 5.74) is 0.899. The normalized spacial score (nSPS) is 11.5. The molecule has 0 unspecified atom stereocenters. The van der Waals surface area contributed by atoms with Crippen molar-refractivity contribution in [3.05, 3.63) is 48.0 Å². The molecular weight excluding hydrogens is 412 g/mol. The first-order chi connectivity index (χ1) is 14.9. The summed E-state index contributed by atoms with van der Waals surface area (Å²) in [6.45, 7) is 2.24. The molecule has 2 N–H and O–H groups in total. The highest BCUT2D eigenvalue weighted by Gasteiger charge is 2.14. The molecule has 0 bridgehead atoms. The fourth-order valence-electron chi connectivity index (χ4n) is 3.62. The van der Waals surface area contributed by atoms with E-state index in [1.807, 2.05) is 0 Å². The molecule has 0 aliphatic rings. The van der Waals surface area contributed by atoms with Gasteiger partial charge in [-0.1, -0.05) is 77.2 Å². The summed E-state index contributed by atoms with van der Waals surface area (Å²) < 4.78 is 38.3. The van der Waals surface area contributed by atoms with Gasteiger partial charge in [-0.05, 0) is 48.7 Å². The molecule has 0 saturated heterocycles. The van der Waals surface area contributed by atoms with Gasteiger partial charge in [0.25, 0.3) is 10.1 Å². The van der Waals surface area contributed by atoms with E-state index in [1.165, 1.54) is 82.1 Å². The predicted octanol–water partition coefficient (Wildman–Crippen LogP) is 7.28. The van der Waals surface area contributed by atoms with Crippen LogP contribution in [-0.4, -0.2) is 18.1 Å². The number of phenols is 1. The maximum absolute atomic E-state index is 11.5. The second-order valence-corrected chi connectivity index (χ2v) is 9.55. The van der Waals surface area contributed by atoms with E-state index in [2.05, 4.69) is 6.92 Å². The molecule has 2 aromatic rings.